The number of anilines is 1. The number of allylic oxidation sites excluding steroid dienone is 1. The van der Waals surface area contributed by atoms with E-state index in [1.165, 1.54) is 26.8 Å². The third kappa shape index (κ3) is 13.1. The van der Waals surface area contributed by atoms with Crippen molar-refractivity contribution in [3.05, 3.63) is 24.5 Å². The van der Waals surface area contributed by atoms with E-state index in [1.807, 2.05) is 0 Å². The van der Waals surface area contributed by atoms with Gasteiger partial charge in [-0.2, -0.15) is 4.31 Å². The number of nitrogens with two attached hydrogens (primary N) is 1. The van der Waals surface area contributed by atoms with Gasteiger partial charge in [0.25, 0.3) is 5.12 Å². The van der Waals surface area contributed by atoms with Gasteiger partial charge < -0.3 is 56.0 Å². The SMILES string of the molecule is C/C=C(\O)C(=O)SCCNC(=O)CCNC(=O)C(O)C(C)(C)COP(=O)(O)OP(=O)(O)OC[C@H]1O[C@@H](n2cnc3c(N)ncnc32)[C@H](O)[C@@H]1OP(=O)(O)O. The molecule has 29 heteroatoms. The van der Waals surface area contributed by atoms with Gasteiger partial charge in [0.1, 0.15) is 36.3 Å². The predicted molar refractivity (Wildman–Crippen MR) is 183 cm³/mol. The molecule has 1 aliphatic rings. The van der Waals surface area contributed by atoms with Crippen molar-refractivity contribution in [2.75, 3.05) is 37.8 Å². The van der Waals surface area contributed by atoms with Gasteiger partial charge in [0.2, 0.25) is 11.8 Å². The lowest BCUT2D eigenvalue weighted by Gasteiger charge is -2.30. The Balaban J connectivity index is 1.51. The fourth-order valence-corrected chi connectivity index (χ4v) is 7.95. The van der Waals surface area contributed by atoms with Crippen molar-refractivity contribution in [1.29, 1.82) is 0 Å². The largest absolute Gasteiger partial charge is 0.504 e. The number of aliphatic hydroxyl groups excluding tert-OH is 3. The molecule has 0 radical (unpaired) electrons. The van der Waals surface area contributed by atoms with Crippen LogP contribution < -0.4 is 16.4 Å². The number of carbonyl (C=O) groups is 3. The molecule has 0 bridgehead atoms. The number of nitrogens with zero attached hydrogens (tertiary/aromatic N) is 4. The molecule has 2 aromatic rings. The van der Waals surface area contributed by atoms with Crippen LogP contribution in [-0.4, -0.2) is 128 Å². The molecule has 3 rings (SSSR count). The van der Waals surface area contributed by atoms with E-state index in [0.29, 0.717) is 0 Å². The van der Waals surface area contributed by atoms with Crippen LogP contribution in [0.1, 0.15) is 33.4 Å². The number of hydrogen-bond acceptors (Lipinski definition) is 19. The van der Waals surface area contributed by atoms with Crippen LogP contribution in [0.25, 0.3) is 11.2 Å². The summed E-state index contributed by atoms with van der Waals surface area (Å²) in [5, 5.41) is 34.9. The second-order valence-corrected chi connectivity index (χ2v) is 17.2. The molecule has 54 heavy (non-hydrogen) atoms. The van der Waals surface area contributed by atoms with Gasteiger partial charge in [0.05, 0.1) is 19.5 Å². The number of rotatable bonds is 20. The Labute approximate surface area is 310 Å². The fourth-order valence-electron chi connectivity index (χ4n) is 4.47. The average Bonchev–Trinajstić information content (AvgIpc) is 3.64. The standard InChI is InChI=1S/C25H40N7O18P3S/c1-4-13(33)24(38)54-8-7-27-15(34)5-6-28-22(37)19(36)25(2,3)10-47-53(44,45)50-52(42,43)46-9-14-18(49-51(39,40)41)17(35)23(48-14)32-12-31-16-20(26)29-11-30-21(16)32/h4,11-12,14,17-19,23,33,35-36H,5-10H2,1-3H3,(H,27,34)(H,28,37)(H,42,43)(H,44,45)(H2,26,29,30)(H2,39,40,41)/b13-4-/t14-,17-,18-,19?,23-/m1/s1. The number of fused-ring (bicyclic) bond motifs is 1. The molecule has 1 saturated heterocycles. The summed E-state index contributed by atoms with van der Waals surface area (Å²) in [4.78, 5) is 86.8. The molecule has 0 spiro atoms. The Hall–Kier alpha value is -2.90. The van der Waals surface area contributed by atoms with Gasteiger partial charge in [0, 0.05) is 30.7 Å². The molecule has 3 unspecified atom stereocenters. The van der Waals surface area contributed by atoms with Gasteiger partial charge in [-0.3, -0.25) is 32.5 Å². The minimum atomic E-state index is -5.58. The zero-order chi connectivity index (χ0) is 40.6. The summed E-state index contributed by atoms with van der Waals surface area (Å²) in [6.07, 6.45) is -5.80. The molecule has 3 heterocycles. The second kappa shape index (κ2) is 18.8. The monoisotopic (exact) mass is 851 g/mol. The van der Waals surface area contributed by atoms with E-state index in [1.54, 1.807) is 0 Å². The van der Waals surface area contributed by atoms with E-state index in [-0.39, 0.29) is 42.2 Å². The van der Waals surface area contributed by atoms with Crippen molar-refractivity contribution >= 4 is 69.1 Å². The molecule has 25 nitrogen and oxygen atoms in total. The first-order valence-electron chi connectivity index (χ1n) is 15.4. The van der Waals surface area contributed by atoms with Crippen LogP contribution in [0.3, 0.4) is 0 Å². The number of ether oxygens (including phenoxy) is 1. The minimum absolute atomic E-state index is 0.0242. The summed E-state index contributed by atoms with van der Waals surface area (Å²) >= 11 is 0.785. The lowest BCUT2D eigenvalue weighted by atomic mass is 9.87. The Morgan fingerprint density at radius 1 is 1.09 bits per heavy atom. The smallest absolute Gasteiger partial charge is 0.481 e. The Morgan fingerprint density at radius 3 is 2.41 bits per heavy atom. The lowest BCUT2D eigenvalue weighted by molar-refractivity contribution is -0.137. The topological polar surface area (TPSA) is 384 Å². The quantitative estimate of drug-likeness (QED) is 0.0335. The molecular formula is C25H40N7O18P3S. The van der Waals surface area contributed by atoms with Crippen molar-refractivity contribution in [2.45, 2.75) is 57.8 Å². The first-order valence-corrected chi connectivity index (χ1v) is 20.9. The first kappa shape index (κ1) is 45.5. The summed E-state index contributed by atoms with van der Waals surface area (Å²) < 4.78 is 61.9. The number of thioether (sulfide) groups is 1. The summed E-state index contributed by atoms with van der Waals surface area (Å²) in [7, 11) is -16.4. The molecule has 2 amide bonds. The number of nitrogen functional groups attached to an aromatic ring is 1. The van der Waals surface area contributed by atoms with Crippen molar-refractivity contribution in [3.8, 4) is 0 Å². The molecule has 0 aliphatic carbocycles. The predicted octanol–water partition coefficient (Wildman–Crippen LogP) is -0.873. The van der Waals surface area contributed by atoms with Crippen molar-refractivity contribution < 1.29 is 85.6 Å². The number of carbonyl (C=O) groups excluding carboxylic acids is 3. The van der Waals surface area contributed by atoms with Gasteiger partial charge in [0.15, 0.2) is 23.5 Å². The normalized spacial score (nSPS) is 22.4. The van der Waals surface area contributed by atoms with Crippen LogP contribution in [0, 0.1) is 5.41 Å². The maximum atomic E-state index is 12.6. The molecule has 1 aliphatic heterocycles. The minimum Gasteiger partial charge on any atom is -0.504 e. The summed E-state index contributed by atoms with van der Waals surface area (Å²) in [5.41, 5.74) is 4.22. The number of nitrogens with one attached hydrogen (secondary N) is 2. The molecule has 7 atom stereocenters. The third-order valence-electron chi connectivity index (χ3n) is 7.22. The Morgan fingerprint density at radius 2 is 1.76 bits per heavy atom. The van der Waals surface area contributed by atoms with E-state index >= 15 is 0 Å². The van der Waals surface area contributed by atoms with Crippen LogP contribution in [-0.2, 0) is 50.7 Å². The van der Waals surface area contributed by atoms with Crippen molar-refractivity contribution in [2.24, 2.45) is 5.41 Å². The van der Waals surface area contributed by atoms with Crippen LogP contribution in [0.15, 0.2) is 24.5 Å². The number of aromatic nitrogens is 4. The molecule has 2 aromatic heterocycles. The molecule has 11 N–H and O–H groups in total. The van der Waals surface area contributed by atoms with E-state index in [9.17, 15) is 63.0 Å². The Bertz CT molecular complexity index is 1840. The van der Waals surface area contributed by atoms with Gasteiger partial charge in [-0.05, 0) is 13.0 Å². The highest BCUT2D eigenvalue weighted by Crippen LogP contribution is 2.61. The fraction of sp³-hybridized carbons (Fsp3) is 0.600. The maximum Gasteiger partial charge on any atom is 0.481 e. The number of aliphatic hydroxyl groups is 3. The van der Waals surface area contributed by atoms with Crippen molar-refractivity contribution in [3.63, 3.8) is 0 Å². The zero-order valence-electron chi connectivity index (χ0n) is 28.6. The van der Waals surface area contributed by atoms with E-state index in [2.05, 4.69) is 34.4 Å². The number of phosphoric ester groups is 3. The maximum absolute atomic E-state index is 12.6. The van der Waals surface area contributed by atoms with E-state index in [4.69, 9.17) is 19.5 Å². The first-order chi connectivity index (χ1) is 25.0. The van der Waals surface area contributed by atoms with Crippen LogP contribution in [0.4, 0.5) is 5.82 Å². The highest BCUT2D eigenvalue weighted by atomic mass is 32.2. The zero-order valence-corrected chi connectivity index (χ0v) is 32.1. The number of hydrogen-bond donors (Lipinski definition) is 10. The number of amides is 2. The molecule has 0 saturated carbocycles. The number of imidazole rings is 1. The van der Waals surface area contributed by atoms with Gasteiger partial charge in [-0.25, -0.2) is 28.6 Å². The highest BCUT2D eigenvalue weighted by Gasteiger charge is 2.50. The molecule has 304 valence electrons. The number of phosphoric acid groups is 3. The van der Waals surface area contributed by atoms with Gasteiger partial charge in [-0.1, -0.05) is 25.6 Å². The second-order valence-electron chi connectivity index (χ2n) is 11.9. The molecule has 1 fully saturated rings. The molecular weight excluding hydrogens is 811 g/mol. The summed E-state index contributed by atoms with van der Waals surface area (Å²) in [6, 6.07) is 0. The van der Waals surface area contributed by atoms with Gasteiger partial charge >= 0.3 is 23.5 Å². The van der Waals surface area contributed by atoms with E-state index < -0.39 is 95.4 Å². The van der Waals surface area contributed by atoms with E-state index in [0.717, 1.165) is 29.0 Å². The lowest BCUT2D eigenvalue weighted by Crippen LogP contribution is -2.46. The van der Waals surface area contributed by atoms with Crippen LogP contribution in [0.5, 0.6) is 0 Å². The highest BCUT2D eigenvalue weighted by molar-refractivity contribution is 8.14. The van der Waals surface area contributed by atoms with Crippen LogP contribution >= 0.6 is 35.2 Å². The van der Waals surface area contributed by atoms with Crippen molar-refractivity contribution in [1.82, 2.24) is 30.2 Å². The molecule has 0 aromatic carbocycles. The summed E-state index contributed by atoms with van der Waals surface area (Å²) in [5.74, 6) is -1.80. The average molecular weight is 852 g/mol. The third-order valence-corrected chi connectivity index (χ3v) is 11.2. The van der Waals surface area contributed by atoms with Gasteiger partial charge in [-0.15, -0.1) is 0 Å². The Kier molecular flexibility index (Phi) is 15.9. The summed E-state index contributed by atoms with van der Waals surface area (Å²) in [6.45, 7) is 1.75. The van der Waals surface area contributed by atoms with Crippen LogP contribution in [0.2, 0.25) is 0 Å².